The van der Waals surface area contributed by atoms with Crippen molar-refractivity contribution in [3.8, 4) is 5.75 Å². The molecule has 0 unspecified atom stereocenters. The van der Waals surface area contributed by atoms with Gasteiger partial charge >= 0.3 is 0 Å². The number of Topliss-reactive ketones (excluding diaryl/α,β-unsaturated/α-hetero) is 1. The van der Waals surface area contributed by atoms with Crippen molar-refractivity contribution in [2.45, 2.75) is 33.2 Å². The molecule has 1 aliphatic heterocycles. The molecule has 3 nitrogen and oxygen atoms in total. The fourth-order valence-electron chi connectivity index (χ4n) is 2.31. The molecule has 1 atom stereocenters. The van der Waals surface area contributed by atoms with Crippen molar-refractivity contribution >= 4 is 11.5 Å². The molecule has 1 aromatic rings. The molecule has 1 aromatic carbocycles. The number of rotatable bonds is 2. The molecule has 0 saturated heterocycles. The molecular weight excluding hydrogens is 226 g/mol. The van der Waals surface area contributed by atoms with Crippen LogP contribution in [0, 0.1) is 5.92 Å². The van der Waals surface area contributed by atoms with Crippen LogP contribution in [0.3, 0.4) is 0 Å². The third-order valence-electron chi connectivity index (χ3n) is 3.45. The number of benzene rings is 1. The number of ketones is 1. The maximum Gasteiger partial charge on any atom is 0.162 e. The first-order valence-electron chi connectivity index (χ1n) is 6.28. The highest BCUT2D eigenvalue weighted by atomic mass is 16.3. The van der Waals surface area contributed by atoms with E-state index in [2.05, 4.69) is 13.8 Å². The average molecular weight is 245 g/mol. The predicted molar refractivity (Wildman–Crippen MR) is 72.6 cm³/mol. The summed E-state index contributed by atoms with van der Waals surface area (Å²) in [6, 6.07) is 7.35. The largest absolute Gasteiger partial charge is 0.506 e. The Hall–Kier alpha value is -1.77. The summed E-state index contributed by atoms with van der Waals surface area (Å²) in [5, 5.41) is 9.96. The van der Waals surface area contributed by atoms with Gasteiger partial charge in [0.05, 0.1) is 5.69 Å². The van der Waals surface area contributed by atoms with E-state index in [0.29, 0.717) is 12.3 Å². The molecule has 0 radical (unpaired) electrons. The molecule has 0 saturated carbocycles. The second kappa shape index (κ2) is 4.84. The lowest BCUT2D eigenvalue weighted by molar-refractivity contribution is -0.116. The number of aromatic hydroxyl groups is 1. The molecule has 18 heavy (non-hydrogen) atoms. The van der Waals surface area contributed by atoms with Crippen molar-refractivity contribution in [3.05, 3.63) is 36.0 Å². The van der Waals surface area contributed by atoms with Crippen molar-refractivity contribution in [2.24, 2.45) is 5.92 Å². The summed E-state index contributed by atoms with van der Waals surface area (Å²) in [6.45, 7) is 6.02. The standard InChI is InChI=1S/C15H19NO2/c1-10(2)13-8-15(18)11(3)9-16(13)12-6-4-5-7-14(12)17/h4-7,9-10,13,17H,8H2,1-3H3/t13-/m0/s1. The molecule has 0 aliphatic carbocycles. The van der Waals surface area contributed by atoms with Gasteiger partial charge in [-0.3, -0.25) is 4.79 Å². The molecule has 1 aliphatic rings. The summed E-state index contributed by atoms with van der Waals surface area (Å²) in [7, 11) is 0. The zero-order valence-corrected chi connectivity index (χ0v) is 11.1. The van der Waals surface area contributed by atoms with Gasteiger partial charge < -0.3 is 10.0 Å². The van der Waals surface area contributed by atoms with Crippen LogP contribution >= 0.6 is 0 Å². The topological polar surface area (TPSA) is 40.5 Å². The summed E-state index contributed by atoms with van der Waals surface area (Å²) >= 11 is 0. The number of hydrogen-bond acceptors (Lipinski definition) is 3. The number of carbonyl (C=O) groups excluding carboxylic acids is 1. The Morgan fingerprint density at radius 2 is 2.00 bits per heavy atom. The van der Waals surface area contributed by atoms with Crippen LogP contribution in [0.5, 0.6) is 5.75 Å². The van der Waals surface area contributed by atoms with Crippen LogP contribution in [-0.2, 0) is 4.79 Å². The van der Waals surface area contributed by atoms with Gasteiger partial charge in [-0.15, -0.1) is 0 Å². The maximum atomic E-state index is 11.8. The summed E-state index contributed by atoms with van der Waals surface area (Å²) < 4.78 is 0. The highest BCUT2D eigenvalue weighted by molar-refractivity contribution is 5.97. The van der Waals surface area contributed by atoms with Crippen molar-refractivity contribution in [1.29, 1.82) is 0 Å². The minimum Gasteiger partial charge on any atom is -0.506 e. The van der Waals surface area contributed by atoms with Gasteiger partial charge in [-0.05, 0) is 25.0 Å². The fourth-order valence-corrected chi connectivity index (χ4v) is 2.31. The van der Waals surface area contributed by atoms with Crippen molar-refractivity contribution in [2.75, 3.05) is 4.90 Å². The Bertz CT molecular complexity index is 491. The van der Waals surface area contributed by atoms with Gasteiger partial charge in [0.25, 0.3) is 0 Å². The van der Waals surface area contributed by atoms with E-state index in [1.165, 1.54) is 0 Å². The van der Waals surface area contributed by atoms with Crippen LogP contribution in [0.4, 0.5) is 5.69 Å². The number of anilines is 1. The lowest BCUT2D eigenvalue weighted by Gasteiger charge is -2.37. The van der Waals surface area contributed by atoms with E-state index in [-0.39, 0.29) is 17.6 Å². The van der Waals surface area contributed by atoms with Crippen LogP contribution in [-0.4, -0.2) is 16.9 Å². The Labute approximate surface area is 108 Å². The number of para-hydroxylation sites is 2. The molecule has 0 amide bonds. The van der Waals surface area contributed by atoms with Crippen molar-refractivity contribution in [3.63, 3.8) is 0 Å². The smallest absolute Gasteiger partial charge is 0.162 e. The molecule has 96 valence electrons. The third kappa shape index (κ3) is 2.26. The molecule has 3 heteroatoms. The average Bonchev–Trinajstić information content (AvgIpc) is 2.32. The number of phenolic OH excluding ortho intramolecular Hbond substituents is 1. The highest BCUT2D eigenvalue weighted by Gasteiger charge is 2.29. The predicted octanol–water partition coefficient (Wildman–Crippen LogP) is 3.10. The second-order valence-electron chi connectivity index (χ2n) is 5.15. The van der Waals surface area contributed by atoms with E-state index < -0.39 is 0 Å². The minimum atomic E-state index is 0.106. The Kier molecular flexibility index (Phi) is 3.41. The number of hydrogen-bond donors (Lipinski definition) is 1. The van der Waals surface area contributed by atoms with Crippen LogP contribution in [0.15, 0.2) is 36.0 Å². The van der Waals surface area contributed by atoms with Gasteiger partial charge in [0.15, 0.2) is 5.78 Å². The maximum absolute atomic E-state index is 11.8. The molecule has 0 aromatic heterocycles. The first-order valence-corrected chi connectivity index (χ1v) is 6.28. The summed E-state index contributed by atoms with van der Waals surface area (Å²) in [4.78, 5) is 13.8. The van der Waals surface area contributed by atoms with Gasteiger partial charge in [0, 0.05) is 24.2 Å². The number of carbonyl (C=O) groups is 1. The second-order valence-corrected chi connectivity index (χ2v) is 5.15. The molecule has 0 spiro atoms. The number of allylic oxidation sites excluding steroid dienone is 1. The molecule has 1 N–H and O–H groups in total. The quantitative estimate of drug-likeness (QED) is 0.870. The lowest BCUT2D eigenvalue weighted by atomic mass is 9.91. The normalized spacial score (nSPS) is 20.2. The van der Waals surface area contributed by atoms with Crippen molar-refractivity contribution in [1.82, 2.24) is 0 Å². The Morgan fingerprint density at radius 3 is 2.61 bits per heavy atom. The molecular formula is C15H19NO2. The van der Waals surface area contributed by atoms with Crippen LogP contribution in [0.1, 0.15) is 27.2 Å². The third-order valence-corrected chi connectivity index (χ3v) is 3.45. The lowest BCUT2D eigenvalue weighted by Crippen LogP contribution is -2.40. The summed E-state index contributed by atoms with van der Waals surface area (Å²) in [5.41, 5.74) is 1.51. The highest BCUT2D eigenvalue weighted by Crippen LogP contribution is 2.34. The SMILES string of the molecule is CC1=CN(c2ccccc2O)[C@H](C(C)C)CC1=O. The van der Waals surface area contributed by atoms with Crippen LogP contribution in [0.2, 0.25) is 0 Å². The number of phenols is 1. The van der Waals surface area contributed by atoms with E-state index in [4.69, 9.17) is 0 Å². The number of nitrogens with zero attached hydrogens (tertiary/aromatic N) is 1. The molecule has 0 bridgehead atoms. The zero-order valence-electron chi connectivity index (χ0n) is 11.1. The summed E-state index contributed by atoms with van der Waals surface area (Å²) in [5.74, 6) is 0.792. The van der Waals surface area contributed by atoms with Gasteiger partial charge in [-0.2, -0.15) is 0 Å². The molecule has 1 heterocycles. The van der Waals surface area contributed by atoms with Crippen molar-refractivity contribution < 1.29 is 9.90 Å². The van der Waals surface area contributed by atoms with Gasteiger partial charge in [0.2, 0.25) is 0 Å². The van der Waals surface area contributed by atoms with Gasteiger partial charge in [-0.1, -0.05) is 26.0 Å². The summed E-state index contributed by atoms with van der Waals surface area (Å²) in [6.07, 6.45) is 2.36. The van der Waals surface area contributed by atoms with Gasteiger partial charge in [0.1, 0.15) is 5.75 Å². The van der Waals surface area contributed by atoms with Gasteiger partial charge in [-0.25, -0.2) is 0 Å². The van der Waals surface area contributed by atoms with E-state index >= 15 is 0 Å². The minimum absolute atomic E-state index is 0.106. The van der Waals surface area contributed by atoms with Crippen LogP contribution < -0.4 is 4.90 Å². The Morgan fingerprint density at radius 1 is 1.33 bits per heavy atom. The van der Waals surface area contributed by atoms with E-state index in [1.54, 1.807) is 12.1 Å². The van der Waals surface area contributed by atoms with E-state index in [1.807, 2.05) is 30.2 Å². The molecule has 0 fully saturated rings. The first-order chi connectivity index (χ1) is 8.50. The zero-order chi connectivity index (χ0) is 13.3. The monoisotopic (exact) mass is 245 g/mol. The van der Waals surface area contributed by atoms with E-state index in [0.717, 1.165) is 11.3 Å². The fraction of sp³-hybridized carbons (Fsp3) is 0.400. The van der Waals surface area contributed by atoms with Crippen LogP contribution in [0.25, 0.3) is 0 Å². The first kappa shape index (κ1) is 12.7. The van der Waals surface area contributed by atoms with E-state index in [9.17, 15) is 9.90 Å². The molecule has 2 rings (SSSR count). The Balaban J connectivity index is 2.45.